The van der Waals surface area contributed by atoms with Crippen molar-refractivity contribution in [3.8, 4) is 6.07 Å². The number of ether oxygens (including phenoxy) is 4. The molecule has 5 atom stereocenters. The summed E-state index contributed by atoms with van der Waals surface area (Å²) in [6.45, 7) is 8.88. The first-order valence-corrected chi connectivity index (χ1v) is 16.5. The molecule has 3 heterocycles. The third-order valence-corrected chi connectivity index (χ3v) is 9.00. The van der Waals surface area contributed by atoms with Crippen molar-refractivity contribution in [2.75, 3.05) is 18.5 Å². The van der Waals surface area contributed by atoms with Gasteiger partial charge in [0.2, 0.25) is 5.60 Å². The minimum atomic E-state index is -2.11. The molecule has 1 saturated heterocycles. The number of nitrogens with one attached hydrogen (secondary N) is 1. The highest BCUT2D eigenvalue weighted by atomic mass is 16.6. The van der Waals surface area contributed by atoms with Gasteiger partial charge < -0.3 is 35.1 Å². The van der Waals surface area contributed by atoms with Crippen LogP contribution >= 0.6 is 0 Å². The molecule has 0 spiro atoms. The maximum Gasteiger partial charge on any atom is 0.323 e. The first-order chi connectivity index (χ1) is 22.3. The minimum Gasteiger partial charge on any atom is -0.463 e. The topological polar surface area (TPSA) is 200 Å². The number of nitriles is 1. The van der Waals surface area contributed by atoms with Crippen molar-refractivity contribution in [2.45, 2.75) is 122 Å². The zero-order valence-corrected chi connectivity index (χ0v) is 27.9. The van der Waals surface area contributed by atoms with E-state index in [0.717, 1.165) is 44.9 Å². The van der Waals surface area contributed by atoms with Crippen LogP contribution in [0, 0.1) is 23.2 Å². The Morgan fingerprint density at radius 1 is 1.26 bits per heavy atom. The molecule has 0 bridgehead atoms. The van der Waals surface area contributed by atoms with Crippen LogP contribution in [-0.4, -0.2) is 80.7 Å². The van der Waals surface area contributed by atoms with Crippen LogP contribution in [0.4, 0.5) is 5.82 Å². The first kappa shape index (κ1) is 36.2. The summed E-state index contributed by atoms with van der Waals surface area (Å²) in [6.07, 6.45) is 4.02. The van der Waals surface area contributed by atoms with Crippen molar-refractivity contribution in [2.24, 2.45) is 17.6 Å². The maximum atomic E-state index is 13.1. The fraction of sp³-hybridized carbons (Fsp3) is 0.697. The molecule has 1 saturated carbocycles. The number of anilines is 1. The monoisotopic (exact) mass is 656 g/mol. The number of nitrogens with zero attached hydrogens (tertiary/aromatic N) is 4. The van der Waals surface area contributed by atoms with E-state index in [-0.39, 0.29) is 36.4 Å². The van der Waals surface area contributed by atoms with Crippen LogP contribution in [0.5, 0.6) is 0 Å². The van der Waals surface area contributed by atoms with Crippen LogP contribution < -0.4 is 11.1 Å². The molecule has 1 aliphatic carbocycles. The summed E-state index contributed by atoms with van der Waals surface area (Å²) in [6, 6.07) is 4.12. The standard InChI is InChI=1S/C33H48N6O8/c1-6-7-15-45-32(4,5)31(43)38-29-22-13-14-24(39(22)37-19-36-29)33(18-34)28(41)27(46-30(42)26(35)20(2)3)23(47-33)17-44-25(40)16-21-11-9-8-10-12-21/h13-14,19-21,23,26-28,41H,6-12,15-17,35H2,1-5H3,(H,36,37,38,43)/t23-,26+,27-,28-,33+/m1/s1. The highest BCUT2D eigenvalue weighted by molar-refractivity contribution is 5.98. The summed E-state index contributed by atoms with van der Waals surface area (Å²) in [4.78, 5) is 43.1. The lowest BCUT2D eigenvalue weighted by Gasteiger charge is -2.26. The van der Waals surface area contributed by atoms with Crippen molar-refractivity contribution in [3.05, 3.63) is 24.2 Å². The molecule has 2 aromatic rings. The molecule has 2 aromatic heterocycles. The Balaban J connectivity index is 1.61. The Kier molecular flexibility index (Phi) is 11.9. The van der Waals surface area contributed by atoms with Gasteiger partial charge in [0.15, 0.2) is 11.9 Å². The Bertz CT molecular complexity index is 1450. The number of esters is 2. The normalized spacial score (nSPS) is 24.2. The van der Waals surface area contributed by atoms with Gasteiger partial charge in [-0.1, -0.05) is 46.5 Å². The molecular weight excluding hydrogens is 608 g/mol. The number of unbranched alkanes of at least 4 members (excludes halogenated alkanes) is 1. The van der Waals surface area contributed by atoms with E-state index in [1.54, 1.807) is 33.8 Å². The summed E-state index contributed by atoms with van der Waals surface area (Å²) in [7, 11) is 0. The van der Waals surface area contributed by atoms with Crippen LogP contribution in [0.25, 0.3) is 5.52 Å². The van der Waals surface area contributed by atoms with Gasteiger partial charge in [-0.3, -0.25) is 14.4 Å². The number of aliphatic hydroxyl groups is 1. The number of carbonyl (C=O) groups is 3. The second-order valence-electron chi connectivity index (χ2n) is 13.3. The van der Waals surface area contributed by atoms with Gasteiger partial charge in [-0.25, -0.2) is 9.50 Å². The molecule has 4 rings (SSSR count). The van der Waals surface area contributed by atoms with E-state index in [1.165, 1.54) is 16.9 Å². The Morgan fingerprint density at radius 3 is 2.64 bits per heavy atom. The van der Waals surface area contributed by atoms with E-state index in [4.69, 9.17) is 24.7 Å². The van der Waals surface area contributed by atoms with Gasteiger partial charge in [0.25, 0.3) is 5.91 Å². The molecule has 0 aromatic carbocycles. The molecule has 0 unspecified atom stereocenters. The average molecular weight is 657 g/mol. The fourth-order valence-corrected chi connectivity index (χ4v) is 5.89. The predicted molar refractivity (Wildman–Crippen MR) is 170 cm³/mol. The zero-order valence-electron chi connectivity index (χ0n) is 27.9. The van der Waals surface area contributed by atoms with E-state index >= 15 is 0 Å². The van der Waals surface area contributed by atoms with E-state index in [9.17, 15) is 24.8 Å². The molecule has 1 aliphatic heterocycles. The molecule has 2 fully saturated rings. The largest absolute Gasteiger partial charge is 0.463 e. The summed E-state index contributed by atoms with van der Waals surface area (Å²) >= 11 is 0. The molecule has 14 heteroatoms. The number of aliphatic hydroxyl groups excluding tert-OH is 1. The van der Waals surface area contributed by atoms with Crippen molar-refractivity contribution in [3.63, 3.8) is 0 Å². The summed E-state index contributed by atoms with van der Waals surface area (Å²) in [5.41, 5.74) is 3.16. The zero-order chi connectivity index (χ0) is 34.4. The third kappa shape index (κ3) is 8.09. The predicted octanol–water partition coefficient (Wildman–Crippen LogP) is 3.15. The van der Waals surface area contributed by atoms with Gasteiger partial charge in [-0.05, 0) is 57.1 Å². The number of nitrogens with two attached hydrogens (primary N) is 1. The van der Waals surface area contributed by atoms with Gasteiger partial charge >= 0.3 is 11.9 Å². The molecule has 14 nitrogen and oxygen atoms in total. The number of rotatable bonds is 14. The van der Waals surface area contributed by atoms with E-state index in [0.29, 0.717) is 12.1 Å². The Labute approximate surface area is 275 Å². The SMILES string of the molecule is CCCCOC(C)(C)C(=O)Nc1ncnn2c([C@]3(C#N)O[C@H](COC(=O)CC4CCCCC4)[C@@H](OC(=O)[C@@H](N)C(C)C)[C@H]3O)ccc12. The summed E-state index contributed by atoms with van der Waals surface area (Å²) in [5.74, 6) is -1.56. The average Bonchev–Trinajstić information content (AvgIpc) is 3.60. The second-order valence-corrected chi connectivity index (χ2v) is 13.3. The highest BCUT2D eigenvalue weighted by Crippen LogP contribution is 2.42. The van der Waals surface area contributed by atoms with Crippen molar-refractivity contribution >= 4 is 29.2 Å². The van der Waals surface area contributed by atoms with Gasteiger partial charge in [-0.15, -0.1) is 0 Å². The molecule has 47 heavy (non-hydrogen) atoms. The molecule has 258 valence electrons. The molecular formula is C33H48N6O8. The van der Waals surface area contributed by atoms with Gasteiger partial charge in [-0.2, -0.15) is 10.4 Å². The second kappa shape index (κ2) is 15.5. The lowest BCUT2D eigenvalue weighted by atomic mass is 9.87. The molecule has 2 aliphatic rings. The summed E-state index contributed by atoms with van der Waals surface area (Å²) < 4.78 is 24.5. The Morgan fingerprint density at radius 2 is 1.98 bits per heavy atom. The van der Waals surface area contributed by atoms with Gasteiger partial charge in [0, 0.05) is 13.0 Å². The number of hydrogen-bond donors (Lipinski definition) is 3. The van der Waals surface area contributed by atoms with Crippen LogP contribution in [0.2, 0.25) is 0 Å². The van der Waals surface area contributed by atoms with E-state index in [2.05, 4.69) is 15.4 Å². The third-order valence-electron chi connectivity index (χ3n) is 9.00. The fourth-order valence-electron chi connectivity index (χ4n) is 5.89. The maximum absolute atomic E-state index is 13.1. The smallest absolute Gasteiger partial charge is 0.323 e. The van der Waals surface area contributed by atoms with Crippen LogP contribution in [-0.2, 0) is 38.9 Å². The van der Waals surface area contributed by atoms with Gasteiger partial charge in [0.1, 0.15) is 48.4 Å². The van der Waals surface area contributed by atoms with Crippen LogP contribution in [0.3, 0.4) is 0 Å². The van der Waals surface area contributed by atoms with E-state index in [1.807, 2.05) is 13.0 Å². The number of carbonyl (C=O) groups excluding carboxylic acids is 3. The molecule has 4 N–H and O–H groups in total. The van der Waals surface area contributed by atoms with Crippen molar-refractivity contribution in [1.82, 2.24) is 14.6 Å². The number of amides is 1. The quantitative estimate of drug-likeness (QED) is 0.198. The van der Waals surface area contributed by atoms with E-state index < -0.39 is 53.4 Å². The Hall–Kier alpha value is -3.64. The summed E-state index contributed by atoms with van der Waals surface area (Å²) in [5, 5.41) is 29.3. The molecule has 0 radical (unpaired) electrons. The highest BCUT2D eigenvalue weighted by Gasteiger charge is 2.60. The number of fused-ring (bicyclic) bond motifs is 1. The lowest BCUT2D eigenvalue weighted by Crippen LogP contribution is -2.46. The molecule has 1 amide bonds. The number of aromatic nitrogens is 3. The lowest BCUT2D eigenvalue weighted by molar-refractivity contribution is -0.162. The minimum absolute atomic E-state index is 0.0871. The number of hydrogen-bond acceptors (Lipinski definition) is 12. The van der Waals surface area contributed by atoms with Crippen LogP contribution in [0.15, 0.2) is 18.5 Å². The first-order valence-electron chi connectivity index (χ1n) is 16.5. The van der Waals surface area contributed by atoms with Crippen LogP contribution in [0.1, 0.15) is 91.7 Å². The van der Waals surface area contributed by atoms with Gasteiger partial charge in [0.05, 0.1) is 5.69 Å². The van der Waals surface area contributed by atoms with Crippen molar-refractivity contribution < 1.29 is 38.4 Å². The van der Waals surface area contributed by atoms with Crippen molar-refractivity contribution in [1.29, 1.82) is 5.26 Å².